The summed E-state index contributed by atoms with van der Waals surface area (Å²) in [4.78, 5) is 34.3. The van der Waals surface area contributed by atoms with Gasteiger partial charge in [0.2, 0.25) is 0 Å². The molecule has 1 aromatic heterocycles. The van der Waals surface area contributed by atoms with Gasteiger partial charge in [0.25, 0.3) is 0 Å². The van der Waals surface area contributed by atoms with Gasteiger partial charge in [-0.05, 0) is 47.9 Å². The molecule has 3 aromatic carbocycles. The van der Waals surface area contributed by atoms with Crippen molar-refractivity contribution >= 4 is 40.0 Å². The zero-order valence-electron chi connectivity index (χ0n) is 27.0. The van der Waals surface area contributed by atoms with Crippen molar-refractivity contribution in [1.82, 2.24) is 14.8 Å². The van der Waals surface area contributed by atoms with Crippen molar-refractivity contribution in [3.05, 3.63) is 78.1 Å². The van der Waals surface area contributed by atoms with E-state index in [9.17, 15) is 14.7 Å². The van der Waals surface area contributed by atoms with Gasteiger partial charge in [-0.1, -0.05) is 52.0 Å². The largest absolute Gasteiger partial charge is 0.492 e. The fourth-order valence-electron chi connectivity index (χ4n) is 5.55. The normalized spacial score (nSPS) is 14.1. The number of pyridine rings is 1. The molecule has 0 aliphatic carbocycles. The molecule has 11 nitrogen and oxygen atoms in total. The highest BCUT2D eigenvalue weighted by atomic mass is 16.5. The summed E-state index contributed by atoms with van der Waals surface area (Å²) in [6, 6.07) is 18.1. The smallest absolute Gasteiger partial charge is 0.409 e. The monoisotopic (exact) mass is 626 g/mol. The van der Waals surface area contributed by atoms with E-state index in [1.165, 1.54) is 7.11 Å². The van der Waals surface area contributed by atoms with Gasteiger partial charge in [-0.15, -0.1) is 0 Å². The number of urea groups is 1. The predicted octanol–water partition coefficient (Wildman–Crippen LogP) is 7.20. The van der Waals surface area contributed by atoms with Crippen LogP contribution in [-0.2, 0) is 12.0 Å². The number of benzene rings is 3. The van der Waals surface area contributed by atoms with Gasteiger partial charge in [0.05, 0.1) is 29.9 Å². The lowest BCUT2D eigenvalue weighted by Gasteiger charge is -2.33. The molecule has 1 fully saturated rings. The van der Waals surface area contributed by atoms with Crippen LogP contribution in [-0.4, -0.2) is 71.8 Å². The van der Waals surface area contributed by atoms with Crippen molar-refractivity contribution in [2.75, 3.05) is 55.8 Å². The Hall–Kier alpha value is -4.87. The van der Waals surface area contributed by atoms with Crippen LogP contribution < -0.4 is 25.4 Å². The Kier molecular flexibility index (Phi) is 9.93. The van der Waals surface area contributed by atoms with Crippen LogP contribution in [0.3, 0.4) is 0 Å². The second kappa shape index (κ2) is 14.1. The van der Waals surface area contributed by atoms with Crippen LogP contribution in [0.25, 0.3) is 10.8 Å². The first-order chi connectivity index (χ1) is 22.0. The molecule has 2 heterocycles. The Morgan fingerprint density at radius 3 is 2.17 bits per heavy atom. The van der Waals surface area contributed by atoms with Gasteiger partial charge in [-0.2, -0.15) is 0 Å². The molecule has 1 saturated heterocycles. The summed E-state index contributed by atoms with van der Waals surface area (Å²) in [7, 11) is 1.42. The zero-order chi connectivity index (χ0) is 32.8. The first kappa shape index (κ1) is 32.5. The molecule has 242 valence electrons. The molecule has 0 saturated carbocycles. The van der Waals surface area contributed by atoms with E-state index in [-0.39, 0.29) is 16.9 Å². The first-order valence-corrected chi connectivity index (χ1v) is 15.4. The summed E-state index contributed by atoms with van der Waals surface area (Å²) in [5.74, 6) is 1.55. The van der Waals surface area contributed by atoms with Crippen molar-refractivity contribution in [3.8, 4) is 17.2 Å². The van der Waals surface area contributed by atoms with Gasteiger partial charge < -0.3 is 30.1 Å². The molecule has 4 N–H and O–H groups in total. The minimum atomic E-state index is -1.23. The topological polar surface area (TPSA) is 128 Å². The van der Waals surface area contributed by atoms with Gasteiger partial charge in [0, 0.05) is 55.8 Å². The average Bonchev–Trinajstić information content (AvgIpc) is 3.02. The molecule has 0 atom stereocenters. The second-order valence-electron chi connectivity index (χ2n) is 12.3. The predicted molar refractivity (Wildman–Crippen MR) is 182 cm³/mol. The molecule has 1 aliphatic heterocycles. The summed E-state index contributed by atoms with van der Waals surface area (Å²) in [5.41, 5.74) is 2.60. The average molecular weight is 627 g/mol. The van der Waals surface area contributed by atoms with E-state index < -0.39 is 12.1 Å². The van der Waals surface area contributed by atoms with Crippen molar-refractivity contribution in [2.24, 2.45) is 0 Å². The van der Waals surface area contributed by atoms with Gasteiger partial charge in [-0.3, -0.25) is 15.2 Å². The number of hydrogen-bond donors (Lipinski definition) is 4. The van der Waals surface area contributed by atoms with E-state index >= 15 is 0 Å². The Bertz CT molecular complexity index is 1710. The summed E-state index contributed by atoms with van der Waals surface area (Å²) in [6.45, 7) is 14.2. The molecule has 1 aliphatic rings. The fraction of sp³-hybridized carbons (Fsp3) is 0.343. The lowest BCUT2D eigenvalue weighted by molar-refractivity contribution is 0.131. The standard InChI is InChI=1S/C35H42N6O5/c1-6-40-15-17-41(18-16-40)22-24-21-25(13-14-36-24)46-31-12-11-28(26-9-7-8-10-27(26)31)37-33(42)38-29-19-23(35(2,3)4)20-30(32(29)45-5)39-34(43)44/h7-14,19-21,39H,6,15-18,22H2,1-5H3,(H,43,44)(H2,37,38,42). The maximum Gasteiger partial charge on any atom is 0.409 e. The first-order valence-electron chi connectivity index (χ1n) is 15.4. The molecule has 11 heteroatoms. The van der Waals surface area contributed by atoms with Gasteiger partial charge >= 0.3 is 12.1 Å². The van der Waals surface area contributed by atoms with Crippen LogP contribution in [0.1, 0.15) is 39.0 Å². The maximum atomic E-state index is 13.3. The third kappa shape index (κ3) is 7.85. The van der Waals surface area contributed by atoms with E-state index in [1.807, 2.05) is 63.2 Å². The molecular weight excluding hydrogens is 584 g/mol. The number of anilines is 3. The number of rotatable bonds is 9. The number of amides is 3. The molecule has 0 spiro atoms. The number of likely N-dealkylation sites (N-methyl/N-ethyl adjacent to an activating group) is 1. The number of fused-ring (bicyclic) bond motifs is 1. The number of carbonyl (C=O) groups is 2. The fourth-order valence-corrected chi connectivity index (χ4v) is 5.55. The highest BCUT2D eigenvalue weighted by molar-refractivity contribution is 6.08. The van der Waals surface area contributed by atoms with E-state index in [4.69, 9.17) is 9.47 Å². The van der Waals surface area contributed by atoms with Crippen LogP contribution >= 0.6 is 0 Å². The van der Waals surface area contributed by atoms with E-state index in [1.54, 1.807) is 24.4 Å². The number of nitrogens with zero attached hydrogens (tertiary/aromatic N) is 3. The molecule has 46 heavy (non-hydrogen) atoms. The highest BCUT2D eigenvalue weighted by Gasteiger charge is 2.22. The van der Waals surface area contributed by atoms with Gasteiger partial charge in [0.15, 0.2) is 5.75 Å². The molecule has 0 radical (unpaired) electrons. The van der Waals surface area contributed by atoms with E-state index in [0.29, 0.717) is 22.9 Å². The Morgan fingerprint density at radius 2 is 1.52 bits per heavy atom. The minimum absolute atomic E-state index is 0.207. The summed E-state index contributed by atoms with van der Waals surface area (Å²) in [5, 5.41) is 19.2. The van der Waals surface area contributed by atoms with Crippen LogP contribution in [0.4, 0.5) is 26.7 Å². The van der Waals surface area contributed by atoms with Crippen molar-refractivity contribution in [2.45, 2.75) is 39.7 Å². The summed E-state index contributed by atoms with van der Waals surface area (Å²) in [6.07, 6.45) is 0.539. The molecule has 4 aromatic rings. The number of carbonyl (C=O) groups excluding carboxylic acids is 1. The van der Waals surface area contributed by atoms with Crippen molar-refractivity contribution in [1.29, 1.82) is 0 Å². The number of methoxy groups -OCH3 is 1. The number of piperazine rings is 1. The maximum absolute atomic E-state index is 13.3. The summed E-state index contributed by atoms with van der Waals surface area (Å²) >= 11 is 0. The Labute approximate surface area is 269 Å². The van der Waals surface area contributed by atoms with Crippen molar-refractivity contribution in [3.63, 3.8) is 0 Å². The quantitative estimate of drug-likeness (QED) is 0.154. The van der Waals surface area contributed by atoms with Crippen LogP contribution in [0, 0.1) is 0 Å². The molecule has 3 amide bonds. The molecule has 0 unspecified atom stereocenters. The number of hydrogen-bond acceptors (Lipinski definition) is 7. The molecule has 5 rings (SSSR count). The molecular formula is C35H42N6O5. The van der Waals surface area contributed by atoms with E-state index in [2.05, 4.69) is 37.7 Å². The van der Waals surface area contributed by atoms with Crippen molar-refractivity contribution < 1.29 is 24.2 Å². The second-order valence-corrected chi connectivity index (χ2v) is 12.3. The number of carboxylic acid groups (broad SMARTS) is 1. The summed E-state index contributed by atoms with van der Waals surface area (Å²) < 4.78 is 11.9. The number of nitrogens with one attached hydrogen (secondary N) is 3. The number of aromatic nitrogens is 1. The molecule has 0 bridgehead atoms. The van der Waals surface area contributed by atoms with Crippen LogP contribution in [0.15, 0.2) is 66.9 Å². The third-order valence-electron chi connectivity index (χ3n) is 8.09. The highest BCUT2D eigenvalue weighted by Crippen LogP contribution is 2.39. The Morgan fingerprint density at radius 1 is 0.870 bits per heavy atom. The van der Waals surface area contributed by atoms with Gasteiger partial charge in [0.1, 0.15) is 11.5 Å². The minimum Gasteiger partial charge on any atom is -0.492 e. The third-order valence-corrected chi connectivity index (χ3v) is 8.09. The zero-order valence-corrected chi connectivity index (χ0v) is 27.0. The van der Waals surface area contributed by atoms with E-state index in [0.717, 1.165) is 61.3 Å². The SMILES string of the molecule is CCN1CCN(Cc2cc(Oc3ccc(NC(=O)Nc4cc(C(C)(C)C)cc(NC(=O)O)c4OC)c4ccccc34)ccn2)CC1. The van der Waals surface area contributed by atoms with Crippen LogP contribution in [0.5, 0.6) is 17.2 Å². The lowest BCUT2D eigenvalue weighted by atomic mass is 9.86. The van der Waals surface area contributed by atoms with Gasteiger partial charge in [-0.25, -0.2) is 9.59 Å². The van der Waals surface area contributed by atoms with Crippen LogP contribution in [0.2, 0.25) is 0 Å². The Balaban J connectivity index is 1.35. The lowest BCUT2D eigenvalue weighted by Crippen LogP contribution is -2.45. The number of ether oxygens (including phenoxy) is 2.